The van der Waals surface area contributed by atoms with Crippen LogP contribution in [0.4, 0.5) is 5.13 Å². The lowest BCUT2D eigenvalue weighted by Crippen LogP contribution is -2.43. The third-order valence-corrected chi connectivity index (χ3v) is 6.79. The van der Waals surface area contributed by atoms with Crippen LogP contribution < -0.4 is 10.4 Å². The number of carboxylic acid groups (broad SMARTS) is 1. The van der Waals surface area contributed by atoms with E-state index in [0.717, 1.165) is 30.5 Å². The molecule has 0 spiro atoms. The summed E-state index contributed by atoms with van der Waals surface area (Å²) >= 11 is 1.37. The molecule has 2 bridgehead atoms. The van der Waals surface area contributed by atoms with Crippen molar-refractivity contribution in [1.82, 2.24) is 4.98 Å². The predicted molar refractivity (Wildman–Crippen MR) is 98.5 cm³/mol. The highest BCUT2D eigenvalue weighted by atomic mass is 32.1. The minimum Gasteiger partial charge on any atom is -0.550 e. The molecule has 2 aliphatic rings. The fraction of sp³-hybridized carbons (Fsp3) is 0.450. The van der Waals surface area contributed by atoms with E-state index in [2.05, 4.69) is 36.3 Å². The van der Waals surface area contributed by atoms with Gasteiger partial charge in [0.2, 0.25) is 5.91 Å². The third-order valence-electron chi connectivity index (χ3n) is 6.03. The Morgan fingerprint density at radius 2 is 1.88 bits per heavy atom. The van der Waals surface area contributed by atoms with Gasteiger partial charge in [-0.15, -0.1) is 11.3 Å². The van der Waals surface area contributed by atoms with Gasteiger partial charge in [0.1, 0.15) is 0 Å². The van der Waals surface area contributed by atoms with Gasteiger partial charge in [-0.05, 0) is 62.1 Å². The van der Waals surface area contributed by atoms with Gasteiger partial charge in [-0.1, -0.05) is 12.1 Å². The lowest BCUT2D eigenvalue weighted by Gasteiger charge is -2.30. The largest absolute Gasteiger partial charge is 0.550 e. The molecule has 2 saturated carbocycles. The van der Waals surface area contributed by atoms with Gasteiger partial charge in [0.05, 0.1) is 5.69 Å². The van der Waals surface area contributed by atoms with Gasteiger partial charge in [-0.3, -0.25) is 4.79 Å². The summed E-state index contributed by atoms with van der Waals surface area (Å²) in [6.07, 6.45) is 2.64. The molecule has 4 rings (SSSR count). The molecule has 2 fully saturated rings. The fourth-order valence-electron chi connectivity index (χ4n) is 4.56. The monoisotopic (exact) mass is 369 g/mol. The molecule has 1 aromatic carbocycles. The van der Waals surface area contributed by atoms with E-state index in [4.69, 9.17) is 0 Å². The van der Waals surface area contributed by atoms with E-state index < -0.39 is 17.8 Å². The number of carbonyl (C=O) groups is 2. The molecule has 0 radical (unpaired) electrons. The van der Waals surface area contributed by atoms with Gasteiger partial charge in [0, 0.05) is 28.7 Å². The zero-order valence-corrected chi connectivity index (χ0v) is 15.6. The summed E-state index contributed by atoms with van der Waals surface area (Å²) in [7, 11) is 0. The second-order valence-corrected chi connectivity index (χ2v) is 8.39. The minimum atomic E-state index is -1.09. The van der Waals surface area contributed by atoms with Crippen molar-refractivity contribution in [2.45, 2.75) is 33.1 Å². The zero-order chi connectivity index (χ0) is 18.4. The average molecular weight is 369 g/mol. The Morgan fingerprint density at radius 1 is 1.15 bits per heavy atom. The van der Waals surface area contributed by atoms with Crippen molar-refractivity contribution in [3.05, 3.63) is 34.7 Å². The topological polar surface area (TPSA) is 82.1 Å². The SMILES string of the molecule is Cc1ccc(-c2csc(NC(=O)[C@@H]3[C@H]4CC[C@@H](C4)[C@H]3C(=O)[O-])n2)cc1C. The minimum absolute atomic E-state index is 0.0862. The number of carboxylic acids is 1. The van der Waals surface area contributed by atoms with E-state index in [0.29, 0.717) is 5.13 Å². The normalized spacial score (nSPS) is 26.8. The van der Waals surface area contributed by atoms with Crippen molar-refractivity contribution in [2.75, 3.05) is 5.32 Å². The Hall–Kier alpha value is -2.21. The molecular weight excluding hydrogens is 348 g/mol. The van der Waals surface area contributed by atoms with E-state index >= 15 is 0 Å². The van der Waals surface area contributed by atoms with Crippen LogP contribution in [0.25, 0.3) is 11.3 Å². The summed E-state index contributed by atoms with van der Waals surface area (Å²) in [6.45, 7) is 4.12. The van der Waals surface area contributed by atoms with E-state index in [1.807, 2.05) is 11.4 Å². The highest BCUT2D eigenvalue weighted by Crippen LogP contribution is 2.52. The molecule has 0 unspecified atom stereocenters. The molecule has 136 valence electrons. The number of hydrogen-bond donors (Lipinski definition) is 1. The standard InChI is InChI=1S/C20H22N2O3S/c1-10-3-4-12(7-11(10)2)15-9-26-20(21-15)22-18(23)16-13-5-6-14(8-13)17(16)19(24)25/h3-4,7,9,13-14,16-17H,5-6,8H2,1-2H3,(H,24,25)(H,21,22,23)/p-1/t13-,14-,16+,17+/m0/s1. The van der Waals surface area contributed by atoms with Crippen molar-refractivity contribution < 1.29 is 14.7 Å². The molecule has 1 heterocycles. The number of carbonyl (C=O) groups excluding carboxylic acids is 2. The Morgan fingerprint density at radius 3 is 2.58 bits per heavy atom. The number of benzene rings is 1. The van der Waals surface area contributed by atoms with Crippen LogP contribution in [-0.4, -0.2) is 16.9 Å². The molecular formula is C20H21N2O3S-. The van der Waals surface area contributed by atoms with Crippen LogP contribution in [0.1, 0.15) is 30.4 Å². The van der Waals surface area contributed by atoms with Gasteiger partial charge in [-0.25, -0.2) is 4.98 Å². The van der Waals surface area contributed by atoms with E-state index in [1.165, 1.54) is 22.5 Å². The highest BCUT2D eigenvalue weighted by molar-refractivity contribution is 7.14. The first-order chi connectivity index (χ1) is 12.4. The van der Waals surface area contributed by atoms with Crippen molar-refractivity contribution in [3.63, 3.8) is 0 Å². The number of nitrogens with zero attached hydrogens (tertiary/aromatic N) is 1. The first-order valence-electron chi connectivity index (χ1n) is 8.99. The molecule has 2 aliphatic carbocycles. The summed E-state index contributed by atoms with van der Waals surface area (Å²) in [6, 6.07) is 6.16. The molecule has 0 aliphatic heterocycles. The van der Waals surface area contributed by atoms with Gasteiger partial charge >= 0.3 is 0 Å². The Balaban J connectivity index is 1.51. The third kappa shape index (κ3) is 2.92. The first kappa shape index (κ1) is 17.2. The van der Waals surface area contributed by atoms with Gasteiger partial charge < -0.3 is 15.2 Å². The summed E-state index contributed by atoms with van der Waals surface area (Å²) < 4.78 is 0. The Kier molecular flexibility index (Phi) is 4.31. The maximum absolute atomic E-state index is 12.7. The smallest absolute Gasteiger partial charge is 0.230 e. The number of rotatable bonds is 4. The van der Waals surface area contributed by atoms with Crippen LogP contribution in [0.3, 0.4) is 0 Å². The number of hydrogen-bond acceptors (Lipinski definition) is 5. The average Bonchev–Trinajstić information content (AvgIpc) is 3.32. The molecule has 1 N–H and O–H groups in total. The molecule has 1 aromatic heterocycles. The lowest BCUT2D eigenvalue weighted by atomic mass is 9.79. The van der Waals surface area contributed by atoms with Crippen LogP contribution in [0.15, 0.2) is 23.6 Å². The molecule has 2 aromatic rings. The van der Waals surface area contributed by atoms with Crippen LogP contribution in [-0.2, 0) is 9.59 Å². The zero-order valence-electron chi connectivity index (χ0n) is 14.8. The maximum Gasteiger partial charge on any atom is 0.230 e. The number of fused-ring (bicyclic) bond motifs is 2. The number of aromatic nitrogens is 1. The van der Waals surface area contributed by atoms with E-state index in [1.54, 1.807) is 0 Å². The summed E-state index contributed by atoms with van der Waals surface area (Å²) in [4.78, 5) is 28.7. The molecule has 4 atom stereocenters. The van der Waals surface area contributed by atoms with Crippen molar-refractivity contribution in [1.29, 1.82) is 0 Å². The van der Waals surface area contributed by atoms with Crippen molar-refractivity contribution in [2.24, 2.45) is 23.7 Å². The summed E-state index contributed by atoms with van der Waals surface area (Å²) in [5.74, 6) is -2.23. The quantitative estimate of drug-likeness (QED) is 0.898. The van der Waals surface area contributed by atoms with Crippen molar-refractivity contribution >= 4 is 28.3 Å². The molecule has 0 saturated heterocycles. The highest BCUT2D eigenvalue weighted by Gasteiger charge is 2.51. The molecule has 26 heavy (non-hydrogen) atoms. The van der Waals surface area contributed by atoms with Crippen LogP contribution >= 0.6 is 11.3 Å². The number of nitrogens with one attached hydrogen (secondary N) is 1. The maximum atomic E-state index is 12.7. The lowest BCUT2D eigenvalue weighted by molar-refractivity contribution is -0.314. The summed E-state index contributed by atoms with van der Waals surface area (Å²) in [5, 5.41) is 16.8. The predicted octanol–water partition coefficient (Wildman–Crippen LogP) is 2.78. The molecule has 5 nitrogen and oxygen atoms in total. The van der Waals surface area contributed by atoms with Crippen LogP contribution in [0.2, 0.25) is 0 Å². The number of thiazole rings is 1. The molecule has 6 heteroatoms. The Labute approximate surface area is 156 Å². The Bertz CT molecular complexity index is 876. The van der Waals surface area contributed by atoms with Gasteiger partial charge in [-0.2, -0.15) is 0 Å². The van der Waals surface area contributed by atoms with Crippen LogP contribution in [0, 0.1) is 37.5 Å². The second kappa shape index (κ2) is 6.50. The van der Waals surface area contributed by atoms with Gasteiger partial charge in [0.15, 0.2) is 5.13 Å². The number of amides is 1. The number of aliphatic carboxylic acids is 1. The molecule has 1 amide bonds. The number of aryl methyl sites for hydroxylation is 2. The summed E-state index contributed by atoms with van der Waals surface area (Å²) in [5.41, 5.74) is 4.25. The first-order valence-corrected chi connectivity index (χ1v) is 9.87. The number of anilines is 1. The van der Waals surface area contributed by atoms with E-state index in [-0.39, 0.29) is 17.7 Å². The van der Waals surface area contributed by atoms with Crippen LogP contribution in [0.5, 0.6) is 0 Å². The fourth-order valence-corrected chi connectivity index (χ4v) is 5.28. The van der Waals surface area contributed by atoms with E-state index in [9.17, 15) is 14.7 Å². The van der Waals surface area contributed by atoms with Crippen molar-refractivity contribution in [3.8, 4) is 11.3 Å². The van der Waals surface area contributed by atoms with Gasteiger partial charge in [0.25, 0.3) is 0 Å². The second-order valence-electron chi connectivity index (χ2n) is 7.53.